The van der Waals surface area contributed by atoms with Gasteiger partial charge in [-0.15, -0.1) is 6.58 Å². The van der Waals surface area contributed by atoms with E-state index in [2.05, 4.69) is 32.8 Å². The van der Waals surface area contributed by atoms with Gasteiger partial charge < -0.3 is 5.32 Å². The van der Waals surface area contributed by atoms with Gasteiger partial charge in [0.15, 0.2) is 0 Å². The van der Waals surface area contributed by atoms with Gasteiger partial charge in [-0.2, -0.15) is 0 Å². The van der Waals surface area contributed by atoms with Crippen LogP contribution >= 0.6 is 15.9 Å². The van der Waals surface area contributed by atoms with Gasteiger partial charge in [0.1, 0.15) is 5.82 Å². The van der Waals surface area contributed by atoms with E-state index in [-0.39, 0.29) is 5.82 Å². The summed E-state index contributed by atoms with van der Waals surface area (Å²) in [6.07, 6.45) is 5.28. The topological polar surface area (TPSA) is 29.9 Å². The molecule has 18 heavy (non-hydrogen) atoms. The fourth-order valence-electron chi connectivity index (χ4n) is 1.69. The monoisotopic (exact) mass is 309 g/mol. The fraction of sp³-hybridized carbons (Fsp3) is 0.154. The first-order valence-corrected chi connectivity index (χ1v) is 6.27. The molecular formula is C13H13BrFN3. The SMILES string of the molecule is C=CCNc1nccn1-c1cc(Br)c(F)cc1C. The molecule has 0 aliphatic heterocycles. The summed E-state index contributed by atoms with van der Waals surface area (Å²) in [4.78, 5) is 4.22. The molecule has 0 amide bonds. The Hall–Kier alpha value is -1.62. The second kappa shape index (κ2) is 5.35. The van der Waals surface area contributed by atoms with Gasteiger partial charge in [0.2, 0.25) is 5.95 Å². The van der Waals surface area contributed by atoms with Crippen LogP contribution in [0.2, 0.25) is 0 Å². The van der Waals surface area contributed by atoms with Crippen LogP contribution in [0.3, 0.4) is 0 Å². The molecule has 1 heterocycles. The van der Waals surface area contributed by atoms with Crippen molar-refractivity contribution in [3.63, 3.8) is 0 Å². The maximum absolute atomic E-state index is 13.4. The second-order valence-corrected chi connectivity index (χ2v) is 4.70. The Kier molecular flexibility index (Phi) is 3.81. The van der Waals surface area contributed by atoms with E-state index in [1.807, 2.05) is 17.7 Å². The van der Waals surface area contributed by atoms with Gasteiger partial charge in [-0.05, 0) is 40.5 Å². The normalized spacial score (nSPS) is 10.4. The average molecular weight is 310 g/mol. The van der Waals surface area contributed by atoms with Crippen molar-refractivity contribution in [2.45, 2.75) is 6.92 Å². The molecule has 2 rings (SSSR count). The van der Waals surface area contributed by atoms with Crippen molar-refractivity contribution in [3.8, 4) is 5.69 Å². The Bertz CT molecular complexity index is 578. The molecule has 0 atom stereocenters. The minimum Gasteiger partial charge on any atom is -0.352 e. The lowest BCUT2D eigenvalue weighted by molar-refractivity contribution is 0.619. The Morgan fingerprint density at radius 1 is 1.56 bits per heavy atom. The minimum atomic E-state index is -0.267. The number of halogens is 2. The average Bonchev–Trinajstić information content (AvgIpc) is 2.79. The third-order valence-corrected chi connectivity index (χ3v) is 3.15. The van der Waals surface area contributed by atoms with E-state index in [4.69, 9.17) is 0 Å². The molecule has 94 valence electrons. The molecule has 2 aromatic rings. The Balaban J connectivity index is 2.45. The van der Waals surface area contributed by atoms with Crippen LogP contribution in [0.5, 0.6) is 0 Å². The summed E-state index contributed by atoms with van der Waals surface area (Å²) in [5, 5.41) is 3.13. The first kappa shape index (κ1) is 12.8. The molecule has 1 aromatic heterocycles. The predicted octanol–water partition coefficient (Wildman–Crippen LogP) is 3.68. The standard InChI is InChI=1S/C13H13BrFN3/c1-3-4-16-13-17-5-6-18(13)12-8-10(14)11(15)7-9(12)2/h3,5-8H,1,4H2,2H3,(H,16,17). The Labute approximate surface area is 113 Å². The van der Waals surface area contributed by atoms with Crippen LogP contribution < -0.4 is 5.32 Å². The van der Waals surface area contributed by atoms with Crippen LogP contribution in [0, 0.1) is 12.7 Å². The summed E-state index contributed by atoms with van der Waals surface area (Å²) in [5.41, 5.74) is 1.72. The molecule has 0 spiro atoms. The molecular weight excluding hydrogens is 297 g/mol. The third kappa shape index (κ3) is 2.46. The van der Waals surface area contributed by atoms with E-state index >= 15 is 0 Å². The molecule has 0 saturated heterocycles. The van der Waals surface area contributed by atoms with Crippen LogP contribution in [0.15, 0.2) is 41.7 Å². The van der Waals surface area contributed by atoms with E-state index in [1.165, 1.54) is 6.07 Å². The highest BCUT2D eigenvalue weighted by molar-refractivity contribution is 9.10. The zero-order valence-electron chi connectivity index (χ0n) is 9.95. The summed E-state index contributed by atoms with van der Waals surface area (Å²) >= 11 is 3.20. The van der Waals surface area contributed by atoms with Gasteiger partial charge in [-0.3, -0.25) is 4.57 Å². The molecule has 1 N–H and O–H groups in total. The zero-order valence-corrected chi connectivity index (χ0v) is 11.5. The Morgan fingerprint density at radius 3 is 3.06 bits per heavy atom. The largest absolute Gasteiger partial charge is 0.352 e. The third-order valence-electron chi connectivity index (χ3n) is 2.54. The quantitative estimate of drug-likeness (QED) is 0.873. The van der Waals surface area contributed by atoms with E-state index in [0.29, 0.717) is 17.0 Å². The summed E-state index contributed by atoms with van der Waals surface area (Å²) in [6, 6.07) is 3.24. The van der Waals surface area contributed by atoms with Gasteiger partial charge in [0.05, 0.1) is 10.2 Å². The maximum atomic E-state index is 13.4. The number of anilines is 1. The molecule has 0 fully saturated rings. The number of imidazole rings is 1. The minimum absolute atomic E-state index is 0.267. The first-order chi connectivity index (χ1) is 8.63. The molecule has 0 radical (unpaired) electrons. The van der Waals surface area contributed by atoms with Crippen LogP contribution in [-0.2, 0) is 0 Å². The second-order valence-electron chi connectivity index (χ2n) is 3.84. The van der Waals surface area contributed by atoms with Crippen LogP contribution in [0.4, 0.5) is 10.3 Å². The lowest BCUT2D eigenvalue weighted by Gasteiger charge is -2.12. The number of hydrogen-bond donors (Lipinski definition) is 1. The highest BCUT2D eigenvalue weighted by Crippen LogP contribution is 2.25. The molecule has 5 heteroatoms. The molecule has 0 aliphatic rings. The lowest BCUT2D eigenvalue weighted by atomic mass is 10.2. The van der Waals surface area contributed by atoms with Gasteiger partial charge in [0.25, 0.3) is 0 Å². The number of nitrogens with zero attached hydrogens (tertiary/aromatic N) is 2. The van der Waals surface area contributed by atoms with Gasteiger partial charge >= 0.3 is 0 Å². The highest BCUT2D eigenvalue weighted by Gasteiger charge is 2.10. The van der Waals surface area contributed by atoms with Crippen LogP contribution in [0.25, 0.3) is 5.69 Å². The van der Waals surface area contributed by atoms with Gasteiger partial charge in [0, 0.05) is 18.9 Å². The number of aryl methyl sites for hydroxylation is 1. The summed E-state index contributed by atoms with van der Waals surface area (Å²) in [6.45, 7) is 6.14. The van der Waals surface area contributed by atoms with Crippen molar-refractivity contribution in [1.29, 1.82) is 0 Å². The summed E-state index contributed by atoms with van der Waals surface area (Å²) in [7, 11) is 0. The highest BCUT2D eigenvalue weighted by atomic mass is 79.9. The van der Waals surface area contributed by atoms with Crippen molar-refractivity contribution in [3.05, 3.63) is 53.0 Å². The number of hydrogen-bond acceptors (Lipinski definition) is 2. The van der Waals surface area contributed by atoms with Crippen molar-refractivity contribution >= 4 is 21.9 Å². The van der Waals surface area contributed by atoms with Crippen molar-refractivity contribution in [2.24, 2.45) is 0 Å². The molecule has 3 nitrogen and oxygen atoms in total. The van der Waals surface area contributed by atoms with E-state index in [0.717, 1.165) is 11.3 Å². The van der Waals surface area contributed by atoms with Gasteiger partial charge in [-0.1, -0.05) is 6.08 Å². The van der Waals surface area contributed by atoms with Crippen molar-refractivity contribution in [2.75, 3.05) is 11.9 Å². The maximum Gasteiger partial charge on any atom is 0.207 e. The number of rotatable bonds is 4. The molecule has 1 aromatic carbocycles. The predicted molar refractivity (Wildman–Crippen MR) is 74.6 cm³/mol. The van der Waals surface area contributed by atoms with Gasteiger partial charge in [-0.25, -0.2) is 9.37 Å². The number of aromatic nitrogens is 2. The first-order valence-electron chi connectivity index (χ1n) is 5.47. The van der Waals surface area contributed by atoms with Crippen LogP contribution in [0.1, 0.15) is 5.56 Å². The molecule has 0 aliphatic carbocycles. The Morgan fingerprint density at radius 2 is 2.33 bits per heavy atom. The summed E-state index contributed by atoms with van der Waals surface area (Å²) < 4.78 is 15.7. The number of benzene rings is 1. The van der Waals surface area contributed by atoms with Crippen molar-refractivity contribution < 1.29 is 4.39 Å². The zero-order chi connectivity index (χ0) is 13.1. The summed E-state index contributed by atoms with van der Waals surface area (Å²) in [5.74, 6) is 0.438. The smallest absolute Gasteiger partial charge is 0.207 e. The molecule has 0 bridgehead atoms. The fourth-order valence-corrected chi connectivity index (χ4v) is 2.02. The molecule has 0 saturated carbocycles. The van der Waals surface area contributed by atoms with E-state index < -0.39 is 0 Å². The van der Waals surface area contributed by atoms with Crippen molar-refractivity contribution in [1.82, 2.24) is 9.55 Å². The number of nitrogens with one attached hydrogen (secondary N) is 1. The lowest BCUT2D eigenvalue weighted by Crippen LogP contribution is -2.06. The van der Waals surface area contributed by atoms with E-state index in [1.54, 1.807) is 18.3 Å². The molecule has 0 unspecified atom stereocenters. The van der Waals surface area contributed by atoms with Crippen LogP contribution in [-0.4, -0.2) is 16.1 Å². The van der Waals surface area contributed by atoms with E-state index in [9.17, 15) is 4.39 Å².